The minimum atomic E-state index is -4.75. The normalized spacial score (nSPS) is 11.4. The summed E-state index contributed by atoms with van der Waals surface area (Å²) in [4.78, 5) is 18.4. The summed E-state index contributed by atoms with van der Waals surface area (Å²) in [7, 11) is 1.01. The average Bonchev–Trinajstić information content (AvgIpc) is 2.45. The minimum Gasteiger partial charge on any atom is -0.463 e. The Bertz CT molecular complexity index is 736. The Labute approximate surface area is 132 Å². The number of methoxy groups -OCH3 is 1. The topological polar surface area (TPSA) is 52.1 Å². The Morgan fingerprint density at radius 1 is 1.18 bits per heavy atom. The van der Waals surface area contributed by atoms with Crippen molar-refractivity contribution < 1.29 is 22.7 Å². The first-order chi connectivity index (χ1) is 10.2. The van der Waals surface area contributed by atoms with Gasteiger partial charge in [0, 0.05) is 10.6 Å². The molecule has 0 N–H and O–H groups in total. The van der Waals surface area contributed by atoms with Crippen molar-refractivity contribution in [3.05, 3.63) is 45.8 Å². The maximum Gasteiger partial charge on any atom is 0.433 e. The molecule has 0 bridgehead atoms. The zero-order valence-corrected chi connectivity index (χ0v) is 12.4. The van der Waals surface area contributed by atoms with Crippen LogP contribution in [0.15, 0.2) is 24.3 Å². The molecule has 2 aromatic rings. The molecule has 4 nitrogen and oxygen atoms in total. The molecular weight excluding hydrogens is 344 g/mol. The van der Waals surface area contributed by atoms with Crippen molar-refractivity contribution in [3.8, 4) is 11.3 Å². The first kappa shape index (κ1) is 16.5. The molecule has 0 saturated carbocycles. The van der Waals surface area contributed by atoms with Crippen molar-refractivity contribution in [1.82, 2.24) is 9.97 Å². The van der Waals surface area contributed by atoms with E-state index < -0.39 is 23.7 Å². The van der Waals surface area contributed by atoms with Gasteiger partial charge >= 0.3 is 12.1 Å². The molecule has 0 unspecified atom stereocenters. The van der Waals surface area contributed by atoms with Crippen LogP contribution in [0.2, 0.25) is 10.0 Å². The molecule has 116 valence electrons. The zero-order chi connectivity index (χ0) is 16.5. The second-order valence-corrected chi connectivity index (χ2v) is 4.92. The standard InChI is InChI=1S/C13H7Cl2F3N2O2/c1-22-12(21)11-19-9(5-10(20-11)13(16,17)18)7-3-2-6(14)4-8(7)15/h2-5H,1H3. The highest BCUT2D eigenvalue weighted by Gasteiger charge is 2.34. The van der Waals surface area contributed by atoms with E-state index in [2.05, 4.69) is 14.7 Å². The number of nitrogens with zero attached hydrogens (tertiary/aromatic N) is 2. The molecule has 0 atom stereocenters. The molecular formula is C13H7Cl2F3N2O2. The van der Waals surface area contributed by atoms with Crippen LogP contribution in [0.3, 0.4) is 0 Å². The number of carbonyl (C=O) groups is 1. The fourth-order valence-corrected chi connectivity index (χ4v) is 2.12. The van der Waals surface area contributed by atoms with Crippen molar-refractivity contribution in [1.29, 1.82) is 0 Å². The van der Waals surface area contributed by atoms with Gasteiger partial charge in [0.2, 0.25) is 5.82 Å². The number of ether oxygens (including phenoxy) is 1. The van der Waals surface area contributed by atoms with Gasteiger partial charge in [-0.05, 0) is 24.3 Å². The van der Waals surface area contributed by atoms with E-state index in [1.807, 2.05) is 0 Å². The third-order valence-electron chi connectivity index (χ3n) is 2.59. The van der Waals surface area contributed by atoms with Crippen LogP contribution in [-0.2, 0) is 10.9 Å². The number of halogens is 5. The maximum atomic E-state index is 12.9. The average molecular weight is 351 g/mol. The number of benzene rings is 1. The van der Waals surface area contributed by atoms with Crippen molar-refractivity contribution in [2.24, 2.45) is 0 Å². The van der Waals surface area contributed by atoms with E-state index in [0.717, 1.165) is 7.11 Å². The van der Waals surface area contributed by atoms with Crippen molar-refractivity contribution in [2.75, 3.05) is 7.11 Å². The van der Waals surface area contributed by atoms with Gasteiger partial charge in [-0.3, -0.25) is 0 Å². The van der Waals surface area contributed by atoms with Crippen molar-refractivity contribution >= 4 is 29.2 Å². The fraction of sp³-hybridized carbons (Fsp3) is 0.154. The van der Waals surface area contributed by atoms with Crippen LogP contribution in [-0.4, -0.2) is 23.0 Å². The summed E-state index contributed by atoms with van der Waals surface area (Å²) in [5.74, 6) is -1.80. The number of rotatable bonds is 2. The van der Waals surface area contributed by atoms with E-state index in [9.17, 15) is 18.0 Å². The lowest BCUT2D eigenvalue weighted by atomic mass is 10.1. The number of hydrogen-bond donors (Lipinski definition) is 0. The van der Waals surface area contributed by atoms with Gasteiger partial charge in [-0.1, -0.05) is 23.2 Å². The molecule has 0 amide bonds. The van der Waals surface area contributed by atoms with Gasteiger partial charge < -0.3 is 4.74 Å². The molecule has 0 fully saturated rings. The third-order valence-corrected chi connectivity index (χ3v) is 3.14. The van der Waals surface area contributed by atoms with Gasteiger partial charge in [-0.2, -0.15) is 13.2 Å². The minimum absolute atomic E-state index is 0.0927. The molecule has 1 aromatic carbocycles. The predicted molar refractivity (Wildman–Crippen MR) is 73.8 cm³/mol. The summed E-state index contributed by atoms with van der Waals surface area (Å²) in [6.07, 6.45) is -4.75. The van der Waals surface area contributed by atoms with E-state index in [4.69, 9.17) is 23.2 Å². The predicted octanol–water partition coefficient (Wildman–Crippen LogP) is 4.26. The second kappa shape index (κ2) is 6.10. The van der Waals surface area contributed by atoms with Crippen LogP contribution in [0.1, 0.15) is 16.3 Å². The highest BCUT2D eigenvalue weighted by molar-refractivity contribution is 6.36. The Morgan fingerprint density at radius 3 is 2.41 bits per heavy atom. The Balaban J connectivity index is 2.67. The number of hydrogen-bond acceptors (Lipinski definition) is 4. The van der Waals surface area contributed by atoms with E-state index >= 15 is 0 Å². The molecule has 0 aliphatic heterocycles. The lowest BCUT2D eigenvalue weighted by Crippen LogP contribution is -2.15. The number of esters is 1. The summed E-state index contributed by atoms with van der Waals surface area (Å²) in [5, 5.41) is 0.405. The first-order valence-corrected chi connectivity index (χ1v) is 6.48. The molecule has 2 rings (SSSR count). The van der Waals surface area contributed by atoms with Crippen LogP contribution < -0.4 is 0 Å². The van der Waals surface area contributed by atoms with E-state index in [1.165, 1.54) is 18.2 Å². The monoisotopic (exact) mass is 350 g/mol. The SMILES string of the molecule is COC(=O)c1nc(-c2ccc(Cl)cc2Cl)cc(C(F)(F)F)n1. The van der Waals surface area contributed by atoms with Crippen LogP contribution in [0.4, 0.5) is 13.2 Å². The number of carbonyl (C=O) groups excluding carboxylic acids is 1. The van der Waals surface area contributed by atoms with Crippen LogP contribution >= 0.6 is 23.2 Å². The lowest BCUT2D eigenvalue weighted by molar-refractivity contribution is -0.141. The lowest BCUT2D eigenvalue weighted by Gasteiger charge is -2.10. The largest absolute Gasteiger partial charge is 0.463 e. The maximum absolute atomic E-state index is 12.9. The van der Waals surface area contributed by atoms with Crippen LogP contribution in [0.5, 0.6) is 0 Å². The van der Waals surface area contributed by atoms with Gasteiger partial charge in [0.1, 0.15) is 5.69 Å². The van der Waals surface area contributed by atoms with Crippen LogP contribution in [0, 0.1) is 0 Å². The van der Waals surface area contributed by atoms with E-state index in [0.29, 0.717) is 11.1 Å². The molecule has 1 aromatic heterocycles. The summed E-state index contributed by atoms with van der Waals surface area (Å²) >= 11 is 11.7. The zero-order valence-electron chi connectivity index (χ0n) is 10.9. The highest BCUT2D eigenvalue weighted by atomic mass is 35.5. The quantitative estimate of drug-likeness (QED) is 0.759. The van der Waals surface area contributed by atoms with E-state index in [-0.39, 0.29) is 16.3 Å². The Morgan fingerprint density at radius 2 is 1.86 bits per heavy atom. The molecule has 0 aliphatic rings. The fourth-order valence-electron chi connectivity index (χ4n) is 1.61. The van der Waals surface area contributed by atoms with Crippen molar-refractivity contribution in [3.63, 3.8) is 0 Å². The van der Waals surface area contributed by atoms with Crippen molar-refractivity contribution in [2.45, 2.75) is 6.18 Å². The summed E-state index contributed by atoms with van der Waals surface area (Å²) in [6.45, 7) is 0. The van der Waals surface area contributed by atoms with Crippen LogP contribution in [0.25, 0.3) is 11.3 Å². The molecule has 0 aliphatic carbocycles. The smallest absolute Gasteiger partial charge is 0.433 e. The number of aromatic nitrogens is 2. The summed E-state index contributed by atoms with van der Waals surface area (Å²) in [6, 6.07) is 4.89. The molecule has 9 heteroatoms. The third kappa shape index (κ3) is 3.48. The second-order valence-electron chi connectivity index (χ2n) is 4.08. The summed E-state index contributed by atoms with van der Waals surface area (Å²) < 4.78 is 43.1. The molecule has 0 radical (unpaired) electrons. The Kier molecular flexibility index (Phi) is 4.58. The molecule has 0 spiro atoms. The summed E-state index contributed by atoms with van der Waals surface area (Å²) in [5.41, 5.74) is -1.25. The molecule has 1 heterocycles. The highest BCUT2D eigenvalue weighted by Crippen LogP contribution is 2.33. The van der Waals surface area contributed by atoms with Gasteiger partial charge in [0.05, 0.1) is 17.8 Å². The van der Waals surface area contributed by atoms with Gasteiger partial charge in [0.25, 0.3) is 0 Å². The molecule has 22 heavy (non-hydrogen) atoms. The first-order valence-electron chi connectivity index (χ1n) is 5.72. The van der Waals surface area contributed by atoms with E-state index in [1.54, 1.807) is 0 Å². The Hall–Kier alpha value is -1.86. The van der Waals surface area contributed by atoms with Gasteiger partial charge in [0.15, 0.2) is 0 Å². The van der Waals surface area contributed by atoms with Gasteiger partial charge in [-0.25, -0.2) is 14.8 Å². The number of alkyl halides is 3. The molecule has 0 saturated heterocycles. The van der Waals surface area contributed by atoms with Gasteiger partial charge in [-0.15, -0.1) is 0 Å².